The lowest BCUT2D eigenvalue weighted by molar-refractivity contribution is -0.123. The van der Waals surface area contributed by atoms with Crippen LogP contribution in [0.25, 0.3) is 0 Å². The first kappa shape index (κ1) is 9.99. The van der Waals surface area contributed by atoms with Gasteiger partial charge in [-0.2, -0.15) is 0 Å². The molecule has 1 aliphatic carbocycles. The molecule has 0 bridgehead atoms. The first-order valence-electron chi connectivity index (χ1n) is 4.04. The molecule has 0 aromatic heterocycles. The minimum Gasteiger partial charge on any atom is -0.300 e. The molecule has 0 spiro atoms. The number of hydrogen-bond acceptors (Lipinski definition) is 3. The van der Waals surface area contributed by atoms with Gasteiger partial charge in [0.25, 0.3) is 0 Å². The summed E-state index contributed by atoms with van der Waals surface area (Å²) in [5.74, 6) is -0.287. The van der Waals surface area contributed by atoms with Gasteiger partial charge in [-0.15, -0.1) is 0 Å². The maximum atomic E-state index is 11.4. The number of allylic oxidation sites excluding steroid dienone is 4. The molecule has 0 radical (unpaired) electrons. The standard InChI is InChI=1S/C10H10O2S/c1-7(11)6-9(12)8-4-2-3-5-10(8)13/h2-4H,5-6H2,1H3. The largest absolute Gasteiger partial charge is 0.300 e. The van der Waals surface area contributed by atoms with Gasteiger partial charge in [0.1, 0.15) is 5.78 Å². The van der Waals surface area contributed by atoms with Gasteiger partial charge in [0.2, 0.25) is 0 Å². The normalized spacial score (nSPS) is 15.5. The molecule has 0 aromatic carbocycles. The summed E-state index contributed by atoms with van der Waals surface area (Å²) >= 11 is 5.00. The van der Waals surface area contributed by atoms with E-state index in [0.29, 0.717) is 16.9 Å². The van der Waals surface area contributed by atoms with E-state index in [1.54, 1.807) is 12.2 Å². The minimum absolute atomic E-state index is 0.0419. The highest BCUT2D eigenvalue weighted by Gasteiger charge is 2.16. The average Bonchev–Trinajstić information content (AvgIpc) is 2.03. The first-order chi connectivity index (χ1) is 6.11. The molecular formula is C10H10O2S. The number of rotatable bonds is 3. The van der Waals surface area contributed by atoms with Gasteiger partial charge in [-0.1, -0.05) is 30.4 Å². The summed E-state index contributed by atoms with van der Waals surface area (Å²) in [6.07, 6.45) is 5.96. The fourth-order valence-corrected chi connectivity index (χ4v) is 1.39. The highest BCUT2D eigenvalue weighted by Crippen LogP contribution is 2.12. The van der Waals surface area contributed by atoms with E-state index in [1.807, 2.05) is 6.08 Å². The second kappa shape index (κ2) is 4.23. The van der Waals surface area contributed by atoms with Gasteiger partial charge in [0.15, 0.2) is 5.78 Å². The van der Waals surface area contributed by atoms with Gasteiger partial charge in [-0.05, 0) is 6.92 Å². The SMILES string of the molecule is CC(=O)CC(=O)C1=CC=CCC1=S. The number of thiocarbonyl (C=S) groups is 1. The summed E-state index contributed by atoms with van der Waals surface area (Å²) in [7, 11) is 0. The fourth-order valence-electron chi connectivity index (χ4n) is 1.11. The summed E-state index contributed by atoms with van der Waals surface area (Å²) in [5.41, 5.74) is 0.521. The van der Waals surface area contributed by atoms with E-state index in [9.17, 15) is 9.59 Å². The molecule has 2 nitrogen and oxygen atoms in total. The van der Waals surface area contributed by atoms with E-state index in [0.717, 1.165) is 0 Å². The quantitative estimate of drug-likeness (QED) is 0.507. The first-order valence-corrected chi connectivity index (χ1v) is 4.44. The molecule has 0 aliphatic heterocycles. The predicted molar refractivity (Wildman–Crippen MR) is 54.7 cm³/mol. The van der Waals surface area contributed by atoms with Crippen LogP contribution in [0.1, 0.15) is 19.8 Å². The molecule has 0 unspecified atom stereocenters. The Hall–Kier alpha value is -1.09. The van der Waals surface area contributed by atoms with Gasteiger partial charge in [-0.3, -0.25) is 9.59 Å². The lowest BCUT2D eigenvalue weighted by Gasteiger charge is -2.07. The topological polar surface area (TPSA) is 34.1 Å². The van der Waals surface area contributed by atoms with Crippen molar-refractivity contribution in [3.05, 3.63) is 23.8 Å². The summed E-state index contributed by atoms with van der Waals surface area (Å²) in [5, 5.41) is 0. The van der Waals surface area contributed by atoms with Crippen molar-refractivity contribution in [1.82, 2.24) is 0 Å². The number of Topliss-reactive ketones (excluding diaryl/α,β-unsaturated/α-hetero) is 2. The predicted octanol–water partition coefficient (Wildman–Crippen LogP) is 1.79. The van der Waals surface area contributed by atoms with Crippen LogP contribution in [-0.4, -0.2) is 16.4 Å². The molecule has 0 amide bonds. The summed E-state index contributed by atoms with van der Waals surface area (Å²) in [6, 6.07) is 0. The molecule has 1 aliphatic rings. The molecule has 0 fully saturated rings. The molecule has 0 heterocycles. The van der Waals surface area contributed by atoms with Crippen LogP contribution in [0.2, 0.25) is 0 Å². The van der Waals surface area contributed by atoms with E-state index in [1.165, 1.54) is 6.92 Å². The third-order valence-electron chi connectivity index (χ3n) is 1.71. The van der Waals surface area contributed by atoms with Crippen molar-refractivity contribution in [3.8, 4) is 0 Å². The number of hydrogen-bond donors (Lipinski definition) is 0. The van der Waals surface area contributed by atoms with Crippen molar-refractivity contribution in [2.45, 2.75) is 19.8 Å². The Labute approximate surface area is 82.3 Å². The average molecular weight is 194 g/mol. The number of ketones is 2. The molecule has 0 aromatic rings. The van der Waals surface area contributed by atoms with Crippen LogP contribution in [0, 0.1) is 0 Å². The fraction of sp³-hybridized carbons (Fsp3) is 0.300. The zero-order chi connectivity index (χ0) is 9.84. The van der Waals surface area contributed by atoms with Crippen LogP contribution in [0.15, 0.2) is 23.8 Å². The molecule has 0 saturated carbocycles. The Morgan fingerprint density at radius 1 is 1.54 bits per heavy atom. The van der Waals surface area contributed by atoms with Crippen LogP contribution in [0.5, 0.6) is 0 Å². The van der Waals surface area contributed by atoms with Crippen molar-refractivity contribution in [3.63, 3.8) is 0 Å². The van der Waals surface area contributed by atoms with Gasteiger partial charge in [-0.25, -0.2) is 0 Å². The molecule has 0 N–H and O–H groups in total. The third-order valence-corrected chi connectivity index (χ3v) is 2.10. The second-order valence-electron chi connectivity index (χ2n) is 2.94. The maximum absolute atomic E-state index is 11.4. The molecule has 13 heavy (non-hydrogen) atoms. The van der Waals surface area contributed by atoms with E-state index < -0.39 is 0 Å². The number of carbonyl (C=O) groups is 2. The van der Waals surface area contributed by atoms with E-state index >= 15 is 0 Å². The van der Waals surface area contributed by atoms with Crippen LogP contribution >= 0.6 is 12.2 Å². The van der Waals surface area contributed by atoms with Gasteiger partial charge >= 0.3 is 0 Å². The Balaban J connectivity index is 2.76. The van der Waals surface area contributed by atoms with Crippen LogP contribution in [-0.2, 0) is 9.59 Å². The van der Waals surface area contributed by atoms with Gasteiger partial charge in [0.05, 0.1) is 6.42 Å². The van der Waals surface area contributed by atoms with Gasteiger partial charge in [0, 0.05) is 16.9 Å². The van der Waals surface area contributed by atoms with Crippen LogP contribution < -0.4 is 0 Å². The van der Waals surface area contributed by atoms with Crippen molar-refractivity contribution in [1.29, 1.82) is 0 Å². The van der Waals surface area contributed by atoms with Crippen LogP contribution in [0.3, 0.4) is 0 Å². The molecule has 1 rings (SSSR count). The lowest BCUT2D eigenvalue weighted by Crippen LogP contribution is -2.14. The lowest BCUT2D eigenvalue weighted by atomic mass is 9.98. The Kier molecular flexibility index (Phi) is 3.25. The molecule has 0 saturated heterocycles. The molecular weight excluding hydrogens is 184 g/mol. The van der Waals surface area contributed by atoms with Crippen molar-refractivity contribution < 1.29 is 9.59 Å². The highest BCUT2D eigenvalue weighted by atomic mass is 32.1. The summed E-state index contributed by atoms with van der Waals surface area (Å²) in [6.45, 7) is 1.40. The third kappa shape index (κ3) is 2.70. The minimum atomic E-state index is -0.165. The van der Waals surface area contributed by atoms with Crippen LogP contribution in [0.4, 0.5) is 0 Å². The Morgan fingerprint density at radius 2 is 2.23 bits per heavy atom. The van der Waals surface area contributed by atoms with Crippen molar-refractivity contribution >= 4 is 28.6 Å². The van der Waals surface area contributed by atoms with E-state index in [-0.39, 0.29) is 18.0 Å². The highest BCUT2D eigenvalue weighted by molar-refractivity contribution is 7.81. The number of carbonyl (C=O) groups excluding carboxylic acids is 2. The van der Waals surface area contributed by atoms with Crippen molar-refractivity contribution in [2.24, 2.45) is 0 Å². The Bertz CT molecular complexity index is 324. The monoisotopic (exact) mass is 194 g/mol. The Morgan fingerprint density at radius 3 is 2.77 bits per heavy atom. The molecule has 3 heteroatoms. The summed E-state index contributed by atoms with van der Waals surface area (Å²) < 4.78 is 0. The second-order valence-corrected chi connectivity index (χ2v) is 3.43. The zero-order valence-electron chi connectivity index (χ0n) is 7.37. The van der Waals surface area contributed by atoms with E-state index in [4.69, 9.17) is 12.2 Å². The maximum Gasteiger partial charge on any atom is 0.171 e. The summed E-state index contributed by atoms with van der Waals surface area (Å²) in [4.78, 5) is 22.7. The smallest absolute Gasteiger partial charge is 0.171 e. The zero-order valence-corrected chi connectivity index (χ0v) is 8.19. The molecule has 68 valence electrons. The van der Waals surface area contributed by atoms with Crippen molar-refractivity contribution in [2.75, 3.05) is 0 Å². The van der Waals surface area contributed by atoms with E-state index in [2.05, 4.69) is 0 Å². The molecule has 0 atom stereocenters. The van der Waals surface area contributed by atoms with Gasteiger partial charge < -0.3 is 0 Å².